The van der Waals surface area contributed by atoms with Crippen molar-refractivity contribution in [2.45, 2.75) is 52.5 Å². The summed E-state index contributed by atoms with van der Waals surface area (Å²) in [5.74, 6) is 1.55. The molecule has 3 heteroatoms. The number of unbranched alkanes of at least 4 members (excludes halogenated alkanes) is 4. The van der Waals surface area contributed by atoms with Crippen molar-refractivity contribution in [3.8, 4) is 11.5 Å². The normalized spacial score (nSPS) is 10.5. The van der Waals surface area contributed by atoms with E-state index in [1.54, 1.807) is 7.11 Å². The molecule has 0 aliphatic heterocycles. The zero-order chi connectivity index (χ0) is 16.2. The lowest BCUT2D eigenvalue weighted by molar-refractivity contribution is 0.319. The fourth-order valence-electron chi connectivity index (χ4n) is 2.23. The van der Waals surface area contributed by atoms with Gasteiger partial charge in [0.2, 0.25) is 0 Å². The Bertz CT molecular complexity index is 443. The van der Waals surface area contributed by atoms with E-state index in [-0.39, 0.29) is 0 Å². The average Bonchev–Trinajstić information content (AvgIpc) is 2.52. The van der Waals surface area contributed by atoms with Gasteiger partial charge in [-0.1, -0.05) is 45.3 Å². The molecule has 124 valence electrons. The zero-order valence-electron chi connectivity index (χ0n) is 14.4. The molecule has 1 aromatic carbocycles. The van der Waals surface area contributed by atoms with Crippen molar-refractivity contribution in [1.82, 2.24) is 5.32 Å². The lowest BCUT2D eigenvalue weighted by Gasteiger charge is -2.12. The highest BCUT2D eigenvalue weighted by molar-refractivity contribution is 5.43. The Labute approximate surface area is 135 Å². The molecule has 0 unspecified atom stereocenters. The summed E-state index contributed by atoms with van der Waals surface area (Å²) >= 11 is 0. The third kappa shape index (κ3) is 7.51. The summed E-state index contributed by atoms with van der Waals surface area (Å²) in [5, 5.41) is 3.49. The van der Waals surface area contributed by atoms with Crippen LogP contribution >= 0.6 is 0 Å². The van der Waals surface area contributed by atoms with E-state index in [0.29, 0.717) is 6.61 Å². The lowest BCUT2D eigenvalue weighted by atomic mass is 10.1. The van der Waals surface area contributed by atoms with Crippen LogP contribution in [0, 0.1) is 0 Å². The van der Waals surface area contributed by atoms with Gasteiger partial charge in [-0.25, -0.2) is 0 Å². The molecule has 1 rings (SSSR count). The molecule has 0 aliphatic rings. The Morgan fingerprint density at radius 3 is 2.59 bits per heavy atom. The van der Waals surface area contributed by atoms with Crippen molar-refractivity contribution in [3.63, 3.8) is 0 Å². The first kappa shape index (κ1) is 18.6. The molecule has 22 heavy (non-hydrogen) atoms. The van der Waals surface area contributed by atoms with E-state index in [1.807, 2.05) is 19.1 Å². The summed E-state index contributed by atoms with van der Waals surface area (Å²) in [5.41, 5.74) is 2.21. The maximum atomic E-state index is 5.68. The molecular formula is C19H31NO2. The molecular weight excluding hydrogens is 274 g/mol. The third-order valence-corrected chi connectivity index (χ3v) is 3.49. The second-order valence-electron chi connectivity index (χ2n) is 5.82. The number of nitrogens with one attached hydrogen (secondary N) is 1. The summed E-state index contributed by atoms with van der Waals surface area (Å²) in [6.07, 6.45) is 6.56. The van der Waals surface area contributed by atoms with Crippen molar-refractivity contribution in [3.05, 3.63) is 35.9 Å². The van der Waals surface area contributed by atoms with Crippen LogP contribution in [0.1, 0.15) is 51.5 Å². The van der Waals surface area contributed by atoms with Gasteiger partial charge in [0.25, 0.3) is 0 Å². The van der Waals surface area contributed by atoms with Gasteiger partial charge in [0.1, 0.15) is 6.61 Å². The van der Waals surface area contributed by atoms with Gasteiger partial charge < -0.3 is 14.8 Å². The minimum Gasteiger partial charge on any atom is -0.493 e. The van der Waals surface area contributed by atoms with Gasteiger partial charge in [-0.3, -0.25) is 0 Å². The van der Waals surface area contributed by atoms with Gasteiger partial charge in [-0.15, -0.1) is 0 Å². The van der Waals surface area contributed by atoms with Gasteiger partial charge in [0.15, 0.2) is 11.5 Å². The van der Waals surface area contributed by atoms with Crippen molar-refractivity contribution in [2.24, 2.45) is 0 Å². The Hall–Kier alpha value is -1.48. The molecule has 0 saturated heterocycles. The molecule has 1 N–H and O–H groups in total. The van der Waals surface area contributed by atoms with Gasteiger partial charge in [-0.05, 0) is 43.2 Å². The van der Waals surface area contributed by atoms with Crippen molar-refractivity contribution in [1.29, 1.82) is 0 Å². The quantitative estimate of drug-likeness (QED) is 0.448. The van der Waals surface area contributed by atoms with Crippen LogP contribution in [0.3, 0.4) is 0 Å². The molecule has 0 heterocycles. The van der Waals surface area contributed by atoms with E-state index in [2.05, 4.69) is 24.9 Å². The Kier molecular flexibility index (Phi) is 9.40. The fraction of sp³-hybridized carbons (Fsp3) is 0.579. The van der Waals surface area contributed by atoms with E-state index in [9.17, 15) is 0 Å². The van der Waals surface area contributed by atoms with E-state index in [4.69, 9.17) is 9.47 Å². The van der Waals surface area contributed by atoms with Crippen LogP contribution in [-0.2, 0) is 6.54 Å². The van der Waals surface area contributed by atoms with Crippen LogP contribution in [0.5, 0.6) is 11.5 Å². The maximum Gasteiger partial charge on any atom is 0.161 e. The van der Waals surface area contributed by atoms with Crippen LogP contribution in [-0.4, -0.2) is 20.3 Å². The molecule has 3 nitrogen and oxygen atoms in total. The number of hydrogen-bond donors (Lipinski definition) is 1. The van der Waals surface area contributed by atoms with E-state index >= 15 is 0 Å². The standard InChI is InChI=1S/C19H31NO2/c1-5-6-7-8-9-12-20-14-17-10-11-18(19(13-17)21-4)22-15-16(2)3/h10-11,13,20H,2,5-9,12,14-15H2,1,3-4H3. The van der Waals surface area contributed by atoms with Crippen molar-refractivity contribution < 1.29 is 9.47 Å². The van der Waals surface area contributed by atoms with Gasteiger partial charge in [-0.2, -0.15) is 0 Å². The highest BCUT2D eigenvalue weighted by Crippen LogP contribution is 2.28. The fourth-order valence-corrected chi connectivity index (χ4v) is 2.23. The first-order chi connectivity index (χ1) is 10.7. The minimum absolute atomic E-state index is 0.520. The number of ether oxygens (including phenoxy) is 2. The molecule has 0 aliphatic carbocycles. The topological polar surface area (TPSA) is 30.5 Å². The summed E-state index contributed by atoms with van der Waals surface area (Å²) < 4.78 is 11.1. The Morgan fingerprint density at radius 2 is 1.91 bits per heavy atom. The maximum absolute atomic E-state index is 5.68. The van der Waals surface area contributed by atoms with E-state index in [0.717, 1.165) is 30.2 Å². The van der Waals surface area contributed by atoms with Crippen LogP contribution in [0.25, 0.3) is 0 Å². The zero-order valence-corrected chi connectivity index (χ0v) is 14.4. The smallest absolute Gasteiger partial charge is 0.161 e. The van der Waals surface area contributed by atoms with E-state index in [1.165, 1.54) is 37.7 Å². The molecule has 0 fully saturated rings. The first-order valence-electron chi connectivity index (χ1n) is 8.32. The second-order valence-corrected chi connectivity index (χ2v) is 5.82. The van der Waals surface area contributed by atoms with Crippen LogP contribution in [0.4, 0.5) is 0 Å². The molecule has 0 spiro atoms. The van der Waals surface area contributed by atoms with Gasteiger partial charge in [0, 0.05) is 6.54 Å². The Morgan fingerprint density at radius 1 is 1.14 bits per heavy atom. The third-order valence-electron chi connectivity index (χ3n) is 3.49. The number of hydrogen-bond acceptors (Lipinski definition) is 3. The first-order valence-corrected chi connectivity index (χ1v) is 8.32. The molecule has 0 aromatic heterocycles. The number of benzene rings is 1. The predicted molar refractivity (Wildman–Crippen MR) is 93.8 cm³/mol. The molecule has 0 radical (unpaired) electrons. The molecule has 1 aromatic rings. The second kappa shape index (κ2) is 11.1. The highest BCUT2D eigenvalue weighted by Gasteiger charge is 2.05. The van der Waals surface area contributed by atoms with Crippen molar-refractivity contribution >= 4 is 0 Å². The van der Waals surface area contributed by atoms with Gasteiger partial charge >= 0.3 is 0 Å². The van der Waals surface area contributed by atoms with E-state index < -0.39 is 0 Å². The molecule has 0 atom stereocenters. The number of rotatable bonds is 12. The molecule has 0 bridgehead atoms. The monoisotopic (exact) mass is 305 g/mol. The number of methoxy groups -OCH3 is 1. The van der Waals surface area contributed by atoms with Crippen LogP contribution in [0.2, 0.25) is 0 Å². The Balaban J connectivity index is 2.36. The summed E-state index contributed by atoms with van der Waals surface area (Å²) in [4.78, 5) is 0. The summed E-state index contributed by atoms with van der Waals surface area (Å²) in [7, 11) is 1.67. The molecule has 0 amide bonds. The largest absolute Gasteiger partial charge is 0.493 e. The average molecular weight is 305 g/mol. The summed E-state index contributed by atoms with van der Waals surface area (Å²) in [6.45, 7) is 10.5. The van der Waals surface area contributed by atoms with Crippen LogP contribution < -0.4 is 14.8 Å². The minimum atomic E-state index is 0.520. The molecule has 0 saturated carbocycles. The predicted octanol–water partition coefficient (Wildman–Crippen LogP) is 4.71. The van der Waals surface area contributed by atoms with Gasteiger partial charge in [0.05, 0.1) is 7.11 Å². The van der Waals surface area contributed by atoms with Crippen LogP contribution in [0.15, 0.2) is 30.4 Å². The highest BCUT2D eigenvalue weighted by atomic mass is 16.5. The lowest BCUT2D eigenvalue weighted by Crippen LogP contribution is -2.14. The van der Waals surface area contributed by atoms with Crippen molar-refractivity contribution in [2.75, 3.05) is 20.3 Å². The SMILES string of the molecule is C=C(C)COc1ccc(CNCCCCCCC)cc1OC. The summed E-state index contributed by atoms with van der Waals surface area (Å²) in [6, 6.07) is 6.10.